The molecule has 104 valence electrons. The molecule has 1 aromatic heterocycles. The zero-order valence-electron chi connectivity index (χ0n) is 10.7. The molecule has 19 heavy (non-hydrogen) atoms. The predicted octanol–water partition coefficient (Wildman–Crippen LogP) is 3.01. The van der Waals surface area contributed by atoms with E-state index in [0.29, 0.717) is 15.6 Å². The molecule has 4 nitrogen and oxygen atoms in total. The van der Waals surface area contributed by atoms with Crippen LogP contribution in [0.4, 0.5) is 0 Å². The Morgan fingerprint density at radius 1 is 1.53 bits per heavy atom. The predicted molar refractivity (Wildman–Crippen MR) is 81.0 cm³/mol. The van der Waals surface area contributed by atoms with Crippen molar-refractivity contribution in [3.63, 3.8) is 0 Å². The van der Waals surface area contributed by atoms with Crippen molar-refractivity contribution in [1.82, 2.24) is 5.32 Å². The van der Waals surface area contributed by atoms with E-state index in [1.165, 1.54) is 0 Å². The van der Waals surface area contributed by atoms with Crippen LogP contribution in [0, 0.1) is 5.92 Å². The first-order valence-electron chi connectivity index (χ1n) is 6.31. The molecule has 0 spiro atoms. The Kier molecular flexibility index (Phi) is 4.30. The van der Waals surface area contributed by atoms with Crippen LogP contribution in [-0.2, 0) is 0 Å². The van der Waals surface area contributed by atoms with E-state index in [-0.39, 0.29) is 11.7 Å². The van der Waals surface area contributed by atoms with Crippen molar-refractivity contribution in [2.45, 2.75) is 38.1 Å². The number of amides is 1. The van der Waals surface area contributed by atoms with Gasteiger partial charge < -0.3 is 15.5 Å². The minimum Gasteiger partial charge on any atom is -0.444 e. The Labute approximate surface area is 126 Å². The second kappa shape index (κ2) is 5.63. The number of furan rings is 1. The monoisotopic (exact) mass is 344 g/mol. The average Bonchev–Trinajstić information content (AvgIpc) is 2.79. The fourth-order valence-corrected chi connectivity index (χ4v) is 2.96. The summed E-state index contributed by atoms with van der Waals surface area (Å²) in [6.07, 6.45) is 3.60. The first kappa shape index (κ1) is 14.5. The number of nitrogens with two attached hydrogens (primary N) is 1. The van der Waals surface area contributed by atoms with E-state index in [4.69, 9.17) is 22.4 Å². The molecular weight excluding hydrogens is 328 g/mol. The van der Waals surface area contributed by atoms with Crippen molar-refractivity contribution >= 4 is 39.0 Å². The highest BCUT2D eigenvalue weighted by Crippen LogP contribution is 2.32. The number of carbonyl (C=O) groups excluding carboxylic acids is 1. The minimum absolute atomic E-state index is 0.265. The van der Waals surface area contributed by atoms with Crippen LogP contribution in [0.2, 0.25) is 0 Å². The van der Waals surface area contributed by atoms with Crippen molar-refractivity contribution < 1.29 is 9.21 Å². The number of nitrogens with one attached hydrogen (secondary N) is 1. The molecule has 0 saturated heterocycles. The summed E-state index contributed by atoms with van der Waals surface area (Å²) in [6.45, 7) is 2.20. The van der Waals surface area contributed by atoms with Gasteiger partial charge in [0.05, 0.1) is 10.5 Å². The van der Waals surface area contributed by atoms with Gasteiger partial charge in [0.15, 0.2) is 10.4 Å². The summed E-state index contributed by atoms with van der Waals surface area (Å²) < 4.78 is 5.78. The number of hydrogen-bond acceptors (Lipinski definition) is 3. The van der Waals surface area contributed by atoms with E-state index in [9.17, 15) is 4.79 Å². The maximum Gasteiger partial charge on any atom is 0.287 e. The van der Waals surface area contributed by atoms with Crippen LogP contribution in [0.15, 0.2) is 21.2 Å². The zero-order valence-corrected chi connectivity index (χ0v) is 13.1. The standard InChI is InChI=1S/C13H17BrN2O2S/c1-8-4-6-13(7-5-8,12(15)19)16-11(17)9-2-3-10(14)18-9/h2-3,8H,4-7H2,1H3,(H2,15,19)(H,16,17). The molecular formula is C13H17BrN2O2S. The first-order chi connectivity index (χ1) is 8.93. The lowest BCUT2D eigenvalue weighted by molar-refractivity contribution is 0.0871. The van der Waals surface area contributed by atoms with E-state index in [1.807, 2.05) is 0 Å². The van der Waals surface area contributed by atoms with Gasteiger partial charge in [0, 0.05) is 0 Å². The molecule has 0 bridgehead atoms. The lowest BCUT2D eigenvalue weighted by Gasteiger charge is -2.39. The van der Waals surface area contributed by atoms with Crippen LogP contribution in [0.25, 0.3) is 0 Å². The first-order valence-corrected chi connectivity index (χ1v) is 7.51. The maximum atomic E-state index is 12.2. The summed E-state index contributed by atoms with van der Waals surface area (Å²) in [6, 6.07) is 3.31. The van der Waals surface area contributed by atoms with Crippen molar-refractivity contribution in [2.75, 3.05) is 0 Å². The third-order valence-electron chi connectivity index (χ3n) is 3.75. The van der Waals surface area contributed by atoms with Gasteiger partial charge in [0.1, 0.15) is 0 Å². The molecule has 0 aliphatic heterocycles. The van der Waals surface area contributed by atoms with Crippen molar-refractivity contribution in [3.05, 3.63) is 22.6 Å². The van der Waals surface area contributed by atoms with E-state index in [2.05, 4.69) is 28.2 Å². The van der Waals surface area contributed by atoms with E-state index >= 15 is 0 Å². The Morgan fingerprint density at radius 3 is 2.63 bits per heavy atom. The summed E-state index contributed by atoms with van der Waals surface area (Å²) in [4.78, 5) is 12.5. The fraction of sp³-hybridized carbons (Fsp3) is 0.538. The topological polar surface area (TPSA) is 68.3 Å². The maximum absolute atomic E-state index is 12.2. The fourth-order valence-electron chi connectivity index (χ4n) is 2.40. The van der Waals surface area contributed by atoms with Crippen LogP contribution in [-0.4, -0.2) is 16.4 Å². The average molecular weight is 345 g/mol. The third kappa shape index (κ3) is 3.17. The number of rotatable bonds is 3. The highest BCUT2D eigenvalue weighted by molar-refractivity contribution is 9.10. The van der Waals surface area contributed by atoms with Gasteiger partial charge in [-0.05, 0) is 59.7 Å². The normalized spacial score (nSPS) is 26.9. The zero-order chi connectivity index (χ0) is 14.0. The van der Waals surface area contributed by atoms with Gasteiger partial charge in [-0.2, -0.15) is 0 Å². The van der Waals surface area contributed by atoms with E-state index in [0.717, 1.165) is 25.7 Å². The van der Waals surface area contributed by atoms with Gasteiger partial charge in [-0.3, -0.25) is 4.79 Å². The molecule has 1 fully saturated rings. The molecule has 1 amide bonds. The summed E-state index contributed by atoms with van der Waals surface area (Å²) in [5, 5.41) is 2.96. The molecule has 1 aliphatic carbocycles. The van der Waals surface area contributed by atoms with Gasteiger partial charge in [-0.25, -0.2) is 0 Å². The Bertz CT molecular complexity index is 493. The van der Waals surface area contributed by atoms with Crippen LogP contribution in [0.3, 0.4) is 0 Å². The van der Waals surface area contributed by atoms with E-state index in [1.54, 1.807) is 12.1 Å². The number of thiocarbonyl (C=S) groups is 1. The van der Waals surface area contributed by atoms with E-state index < -0.39 is 5.54 Å². The summed E-state index contributed by atoms with van der Waals surface area (Å²) >= 11 is 8.34. The highest BCUT2D eigenvalue weighted by atomic mass is 79.9. The Hall–Kier alpha value is -0.880. The van der Waals surface area contributed by atoms with Crippen LogP contribution < -0.4 is 11.1 Å². The number of hydrogen-bond donors (Lipinski definition) is 2. The van der Waals surface area contributed by atoms with Crippen molar-refractivity contribution in [1.29, 1.82) is 0 Å². The Balaban J connectivity index is 2.13. The number of halogens is 1. The molecule has 6 heteroatoms. The van der Waals surface area contributed by atoms with Gasteiger partial charge >= 0.3 is 0 Å². The molecule has 0 radical (unpaired) electrons. The molecule has 1 aromatic rings. The van der Waals surface area contributed by atoms with Crippen LogP contribution in [0.5, 0.6) is 0 Å². The second-order valence-corrected chi connectivity index (χ2v) is 6.41. The van der Waals surface area contributed by atoms with Gasteiger partial charge in [-0.15, -0.1) is 0 Å². The van der Waals surface area contributed by atoms with Crippen LogP contribution in [0.1, 0.15) is 43.2 Å². The molecule has 0 unspecified atom stereocenters. The summed E-state index contributed by atoms with van der Waals surface area (Å²) in [5.41, 5.74) is 5.28. The molecule has 0 atom stereocenters. The summed E-state index contributed by atoms with van der Waals surface area (Å²) in [7, 11) is 0. The second-order valence-electron chi connectivity index (χ2n) is 5.19. The molecule has 2 rings (SSSR count). The van der Waals surface area contributed by atoms with Gasteiger partial charge in [-0.1, -0.05) is 19.1 Å². The van der Waals surface area contributed by atoms with Crippen molar-refractivity contribution in [2.24, 2.45) is 11.7 Å². The largest absolute Gasteiger partial charge is 0.444 e. The smallest absolute Gasteiger partial charge is 0.287 e. The molecule has 1 aliphatic rings. The molecule has 3 N–H and O–H groups in total. The van der Waals surface area contributed by atoms with Gasteiger partial charge in [0.25, 0.3) is 5.91 Å². The summed E-state index contributed by atoms with van der Waals surface area (Å²) in [5.74, 6) is 0.645. The Morgan fingerprint density at radius 2 is 2.16 bits per heavy atom. The molecule has 0 aromatic carbocycles. The quantitative estimate of drug-likeness (QED) is 0.827. The highest BCUT2D eigenvalue weighted by Gasteiger charge is 2.38. The third-order valence-corrected chi connectivity index (χ3v) is 4.57. The minimum atomic E-state index is -0.571. The lowest BCUT2D eigenvalue weighted by Crippen LogP contribution is -2.58. The SMILES string of the molecule is CC1CCC(NC(=O)c2ccc(Br)o2)(C(N)=S)CC1. The number of carbonyl (C=O) groups is 1. The molecule has 1 heterocycles. The van der Waals surface area contributed by atoms with Crippen molar-refractivity contribution in [3.8, 4) is 0 Å². The van der Waals surface area contributed by atoms with Gasteiger partial charge in [0.2, 0.25) is 0 Å². The van der Waals surface area contributed by atoms with Crippen LogP contribution >= 0.6 is 28.1 Å². The molecule has 1 saturated carbocycles. The lowest BCUT2D eigenvalue weighted by atomic mass is 9.77.